The summed E-state index contributed by atoms with van der Waals surface area (Å²) < 4.78 is 0. The van der Waals surface area contributed by atoms with Crippen molar-refractivity contribution in [2.45, 2.75) is 0 Å². The van der Waals surface area contributed by atoms with Crippen LogP contribution in [0.3, 0.4) is 0 Å². The maximum atomic E-state index is 5.34. The molecule has 2 aromatic heterocycles. The first-order valence-electron chi connectivity index (χ1n) is 16.2. The summed E-state index contributed by atoms with van der Waals surface area (Å²) in [7, 11) is 0. The number of nitrogens with zero attached hydrogens (tertiary/aromatic N) is 4. The molecule has 0 saturated carbocycles. The molecule has 1 aliphatic rings. The summed E-state index contributed by atoms with van der Waals surface area (Å²) >= 11 is 0. The zero-order valence-corrected chi connectivity index (χ0v) is 25.8. The molecule has 222 valence electrons. The first-order valence-corrected chi connectivity index (χ1v) is 16.2. The minimum absolute atomic E-state index is 0.651. The number of hydrogen-bond donors (Lipinski definition) is 0. The van der Waals surface area contributed by atoms with Crippen molar-refractivity contribution in [2.75, 3.05) is 0 Å². The molecule has 0 N–H and O–H groups in total. The number of aromatic nitrogens is 4. The van der Waals surface area contributed by atoms with Gasteiger partial charge in [-0.2, -0.15) is 0 Å². The summed E-state index contributed by atoms with van der Waals surface area (Å²) in [6.45, 7) is 0. The van der Waals surface area contributed by atoms with Gasteiger partial charge in [-0.3, -0.25) is 0 Å². The Labute approximate surface area is 277 Å². The zero-order valence-electron chi connectivity index (χ0n) is 25.8. The molecule has 0 amide bonds. The predicted molar refractivity (Wildman–Crippen MR) is 196 cm³/mol. The van der Waals surface area contributed by atoms with Crippen LogP contribution in [0, 0.1) is 0 Å². The van der Waals surface area contributed by atoms with E-state index in [1.807, 2.05) is 6.07 Å². The molecule has 0 bridgehead atoms. The molecule has 1 aliphatic carbocycles. The van der Waals surface area contributed by atoms with Crippen LogP contribution in [-0.4, -0.2) is 19.9 Å². The van der Waals surface area contributed by atoms with E-state index >= 15 is 0 Å². The molecule has 0 atom stereocenters. The molecular weight excluding hydrogens is 585 g/mol. The lowest BCUT2D eigenvalue weighted by molar-refractivity contribution is 1.17. The lowest BCUT2D eigenvalue weighted by Crippen LogP contribution is -2.00. The molecule has 0 saturated heterocycles. The highest BCUT2D eigenvalue weighted by molar-refractivity contribution is 6.21. The monoisotopic (exact) mass is 610 g/mol. The molecule has 2 heterocycles. The second kappa shape index (κ2) is 10.5. The van der Waals surface area contributed by atoms with Crippen LogP contribution in [0.2, 0.25) is 0 Å². The van der Waals surface area contributed by atoms with E-state index in [2.05, 4.69) is 152 Å². The van der Waals surface area contributed by atoms with Crippen LogP contribution in [0.5, 0.6) is 0 Å². The third-order valence-electron chi connectivity index (χ3n) is 9.46. The normalized spacial score (nSPS) is 11.8. The van der Waals surface area contributed by atoms with E-state index in [0.717, 1.165) is 55.4 Å². The summed E-state index contributed by atoms with van der Waals surface area (Å²) in [6, 6.07) is 55.1. The Morgan fingerprint density at radius 3 is 1.29 bits per heavy atom. The molecule has 4 heteroatoms. The van der Waals surface area contributed by atoms with Gasteiger partial charge in [-0.15, -0.1) is 0 Å². The molecule has 10 rings (SSSR count). The highest BCUT2D eigenvalue weighted by Crippen LogP contribution is 2.48. The summed E-state index contributed by atoms with van der Waals surface area (Å²) in [4.78, 5) is 20.9. The fourth-order valence-corrected chi connectivity index (χ4v) is 7.29. The van der Waals surface area contributed by atoms with Crippen LogP contribution in [0.1, 0.15) is 0 Å². The van der Waals surface area contributed by atoms with Crippen molar-refractivity contribution in [1.82, 2.24) is 19.9 Å². The Balaban J connectivity index is 1.24. The van der Waals surface area contributed by atoms with Crippen molar-refractivity contribution in [3.63, 3.8) is 0 Å². The van der Waals surface area contributed by atoms with Gasteiger partial charge < -0.3 is 0 Å². The van der Waals surface area contributed by atoms with Gasteiger partial charge in [0.05, 0.1) is 16.8 Å². The van der Waals surface area contributed by atoms with Gasteiger partial charge in [-0.25, -0.2) is 19.9 Å². The second-order valence-corrected chi connectivity index (χ2v) is 12.2. The van der Waals surface area contributed by atoms with Gasteiger partial charge >= 0.3 is 0 Å². The molecule has 0 radical (unpaired) electrons. The standard InChI is InChI=1S/C44H26N4/c1-3-13-27(14-4-1)28-23-25-30(26-24-28)42-45-40-35-21-11-12-22-36(35)41-39(40)44(47-42)48-43(46-41)38-33-19-9-7-17-31(33)37(29-15-5-2-6-16-29)32-18-8-10-20-34(32)38/h1-26H. The van der Waals surface area contributed by atoms with Crippen LogP contribution in [0.25, 0.3) is 100 Å². The SMILES string of the molecule is c1ccc(-c2ccc(-c3nc4c5c(nc(-c6c7ccccc7c(-c7ccccc7)c7ccccc67)nc5n3)-c3ccccc3-4)cc2)cc1. The maximum absolute atomic E-state index is 5.34. The van der Waals surface area contributed by atoms with Gasteiger partial charge in [0.25, 0.3) is 0 Å². The second-order valence-electron chi connectivity index (χ2n) is 12.2. The van der Waals surface area contributed by atoms with Gasteiger partial charge in [-0.05, 0) is 43.8 Å². The summed E-state index contributed by atoms with van der Waals surface area (Å²) in [5, 5.41) is 5.46. The summed E-state index contributed by atoms with van der Waals surface area (Å²) in [5.74, 6) is 1.31. The lowest BCUT2D eigenvalue weighted by Gasteiger charge is -2.17. The molecule has 9 aromatic rings. The fraction of sp³-hybridized carbons (Fsp3) is 0. The molecule has 4 nitrogen and oxygen atoms in total. The molecule has 48 heavy (non-hydrogen) atoms. The number of rotatable bonds is 4. The van der Waals surface area contributed by atoms with E-state index in [9.17, 15) is 0 Å². The van der Waals surface area contributed by atoms with Crippen molar-refractivity contribution in [1.29, 1.82) is 0 Å². The first kappa shape index (κ1) is 26.7. The van der Waals surface area contributed by atoms with E-state index in [-0.39, 0.29) is 0 Å². The zero-order chi connectivity index (χ0) is 31.6. The van der Waals surface area contributed by atoms with Crippen LogP contribution < -0.4 is 0 Å². The molecule has 0 fully saturated rings. The third-order valence-corrected chi connectivity index (χ3v) is 9.46. The first-order chi connectivity index (χ1) is 23.8. The number of benzene rings is 7. The smallest absolute Gasteiger partial charge is 0.168 e. The topological polar surface area (TPSA) is 51.6 Å². The van der Waals surface area contributed by atoms with Gasteiger partial charge in [0.2, 0.25) is 0 Å². The number of hydrogen-bond acceptors (Lipinski definition) is 4. The Morgan fingerprint density at radius 1 is 0.292 bits per heavy atom. The predicted octanol–water partition coefficient (Wildman–Crippen LogP) is 11.0. The lowest BCUT2D eigenvalue weighted by atomic mass is 9.88. The van der Waals surface area contributed by atoms with Crippen LogP contribution >= 0.6 is 0 Å². The van der Waals surface area contributed by atoms with E-state index in [4.69, 9.17) is 19.9 Å². The van der Waals surface area contributed by atoms with Crippen molar-refractivity contribution < 1.29 is 0 Å². The average molecular weight is 611 g/mol. The summed E-state index contributed by atoms with van der Waals surface area (Å²) in [5.41, 5.74) is 11.2. The van der Waals surface area contributed by atoms with Gasteiger partial charge in [-0.1, -0.05) is 158 Å². The Hall–Kier alpha value is -6.52. The third kappa shape index (κ3) is 4.03. The van der Waals surface area contributed by atoms with E-state index in [0.29, 0.717) is 17.3 Å². The number of fused-ring (bicyclic) bond motifs is 5. The molecular formula is C44H26N4. The van der Waals surface area contributed by atoms with Gasteiger partial charge in [0.15, 0.2) is 17.3 Å². The van der Waals surface area contributed by atoms with Gasteiger partial charge in [0, 0.05) is 22.3 Å². The Kier molecular flexibility index (Phi) is 5.84. The van der Waals surface area contributed by atoms with Gasteiger partial charge in [0.1, 0.15) is 0 Å². The maximum Gasteiger partial charge on any atom is 0.168 e. The molecule has 0 unspecified atom stereocenters. The Bertz CT molecular complexity index is 2640. The van der Waals surface area contributed by atoms with Crippen molar-refractivity contribution in [3.8, 4) is 67.5 Å². The molecule has 0 aliphatic heterocycles. The van der Waals surface area contributed by atoms with Crippen LogP contribution in [-0.2, 0) is 0 Å². The van der Waals surface area contributed by atoms with E-state index in [1.54, 1.807) is 0 Å². The quantitative estimate of drug-likeness (QED) is 0.186. The van der Waals surface area contributed by atoms with Crippen molar-refractivity contribution in [2.24, 2.45) is 0 Å². The van der Waals surface area contributed by atoms with Crippen molar-refractivity contribution in [3.05, 3.63) is 158 Å². The van der Waals surface area contributed by atoms with Crippen molar-refractivity contribution >= 4 is 32.6 Å². The minimum atomic E-state index is 0.651. The minimum Gasteiger partial charge on any atom is -0.227 e. The highest BCUT2D eigenvalue weighted by atomic mass is 15.0. The largest absolute Gasteiger partial charge is 0.227 e. The molecule has 7 aromatic carbocycles. The Morgan fingerprint density at radius 2 is 0.708 bits per heavy atom. The van der Waals surface area contributed by atoms with Crippen LogP contribution in [0.4, 0.5) is 0 Å². The van der Waals surface area contributed by atoms with E-state index in [1.165, 1.54) is 27.5 Å². The van der Waals surface area contributed by atoms with Crippen LogP contribution in [0.15, 0.2) is 158 Å². The van der Waals surface area contributed by atoms with E-state index < -0.39 is 0 Å². The summed E-state index contributed by atoms with van der Waals surface area (Å²) in [6.07, 6.45) is 0. The highest BCUT2D eigenvalue weighted by Gasteiger charge is 2.29. The fourth-order valence-electron chi connectivity index (χ4n) is 7.29. The molecule has 0 spiro atoms. The average Bonchev–Trinajstić information content (AvgIpc) is 3.48.